The highest BCUT2D eigenvalue weighted by molar-refractivity contribution is 5.99. The van der Waals surface area contributed by atoms with E-state index < -0.39 is 10.8 Å². The Bertz CT molecular complexity index is 550. The number of carbonyl (C=O) groups excluding carboxylic acids is 1. The van der Waals surface area contributed by atoms with Gasteiger partial charge >= 0.3 is 0 Å². The number of nitrogens with zero attached hydrogens (tertiary/aromatic N) is 1. The molecule has 23 heavy (non-hydrogen) atoms. The second-order valence-electron chi connectivity index (χ2n) is 4.48. The van der Waals surface area contributed by atoms with Crippen molar-refractivity contribution in [2.45, 2.75) is 0 Å². The molecule has 0 saturated heterocycles. The first-order valence-electron chi connectivity index (χ1n) is 6.96. The Morgan fingerprint density at radius 1 is 1.22 bits per heavy atom. The van der Waals surface area contributed by atoms with Crippen LogP contribution in [0.5, 0.6) is 11.5 Å². The molecule has 0 fully saturated rings. The van der Waals surface area contributed by atoms with Gasteiger partial charge in [-0.05, 0) is 7.05 Å². The minimum atomic E-state index is -0.629. The van der Waals surface area contributed by atoms with Crippen LogP contribution in [-0.4, -0.2) is 58.4 Å². The quantitative estimate of drug-likeness (QED) is 0.367. The molecule has 9 heteroatoms. The number of benzene rings is 1. The fraction of sp³-hybridized carbons (Fsp3) is 0.500. The second kappa shape index (κ2) is 9.59. The SMILES string of the molecule is CNCCNC(=O)c1cc(OC)c(OCCOC)cc1[N+](=O)[O-]. The van der Waals surface area contributed by atoms with E-state index in [0.717, 1.165) is 0 Å². The Balaban J connectivity index is 3.09. The number of hydrogen-bond donors (Lipinski definition) is 2. The summed E-state index contributed by atoms with van der Waals surface area (Å²) in [6.45, 7) is 1.43. The number of nitro groups is 1. The first-order valence-corrected chi connectivity index (χ1v) is 6.96. The second-order valence-corrected chi connectivity index (χ2v) is 4.48. The summed E-state index contributed by atoms with van der Waals surface area (Å²) in [5.74, 6) is -0.123. The molecule has 2 N–H and O–H groups in total. The van der Waals surface area contributed by atoms with Crippen LogP contribution >= 0.6 is 0 Å². The number of nitro benzene ring substituents is 1. The fourth-order valence-electron chi connectivity index (χ4n) is 1.79. The van der Waals surface area contributed by atoms with Crippen LogP contribution in [-0.2, 0) is 4.74 Å². The maximum absolute atomic E-state index is 12.1. The molecule has 0 unspecified atom stereocenters. The van der Waals surface area contributed by atoms with Gasteiger partial charge in [-0.3, -0.25) is 14.9 Å². The van der Waals surface area contributed by atoms with E-state index in [4.69, 9.17) is 14.2 Å². The normalized spacial score (nSPS) is 10.2. The van der Waals surface area contributed by atoms with Gasteiger partial charge in [0.2, 0.25) is 0 Å². The molecule has 0 aliphatic rings. The lowest BCUT2D eigenvalue weighted by atomic mass is 10.1. The number of methoxy groups -OCH3 is 2. The number of likely N-dealkylation sites (N-methyl/N-ethyl adjacent to an activating group) is 1. The highest BCUT2D eigenvalue weighted by atomic mass is 16.6. The van der Waals surface area contributed by atoms with Gasteiger partial charge in [-0.2, -0.15) is 0 Å². The third-order valence-corrected chi connectivity index (χ3v) is 2.93. The summed E-state index contributed by atoms with van der Waals surface area (Å²) in [5.41, 5.74) is -0.429. The third kappa shape index (κ3) is 5.38. The summed E-state index contributed by atoms with van der Waals surface area (Å²) in [6, 6.07) is 2.48. The zero-order valence-electron chi connectivity index (χ0n) is 13.4. The van der Waals surface area contributed by atoms with Gasteiger partial charge in [0.15, 0.2) is 11.5 Å². The fourth-order valence-corrected chi connectivity index (χ4v) is 1.79. The number of carbonyl (C=O) groups is 1. The summed E-state index contributed by atoms with van der Waals surface area (Å²) < 4.78 is 15.4. The number of rotatable bonds is 10. The molecule has 9 nitrogen and oxygen atoms in total. The average molecular weight is 327 g/mol. The van der Waals surface area contributed by atoms with Crippen LogP contribution in [0.1, 0.15) is 10.4 Å². The molecule has 1 amide bonds. The molecule has 0 bridgehead atoms. The number of hydrogen-bond acceptors (Lipinski definition) is 7. The van der Waals surface area contributed by atoms with Gasteiger partial charge in [0.25, 0.3) is 11.6 Å². The molecule has 1 aromatic rings. The first kappa shape index (κ1) is 18.7. The van der Waals surface area contributed by atoms with Crippen molar-refractivity contribution in [3.05, 3.63) is 27.8 Å². The van der Waals surface area contributed by atoms with Gasteiger partial charge in [0.05, 0.1) is 24.7 Å². The van der Waals surface area contributed by atoms with E-state index in [1.54, 1.807) is 7.05 Å². The molecule has 1 rings (SSSR count). The van der Waals surface area contributed by atoms with Crippen molar-refractivity contribution in [3.8, 4) is 11.5 Å². The molecule has 0 atom stereocenters. The lowest BCUT2D eigenvalue weighted by Crippen LogP contribution is -2.30. The zero-order valence-corrected chi connectivity index (χ0v) is 13.4. The average Bonchev–Trinajstić information content (AvgIpc) is 2.54. The molecule has 0 aromatic heterocycles. The maximum Gasteiger partial charge on any atom is 0.286 e. The van der Waals surface area contributed by atoms with Gasteiger partial charge in [-0.25, -0.2) is 0 Å². The van der Waals surface area contributed by atoms with Crippen molar-refractivity contribution in [2.24, 2.45) is 0 Å². The van der Waals surface area contributed by atoms with Crippen LogP contribution in [0.3, 0.4) is 0 Å². The van der Waals surface area contributed by atoms with Gasteiger partial charge < -0.3 is 24.8 Å². The van der Waals surface area contributed by atoms with Gasteiger partial charge in [-0.1, -0.05) is 0 Å². The smallest absolute Gasteiger partial charge is 0.286 e. The molecule has 0 radical (unpaired) electrons. The molecule has 0 aliphatic carbocycles. The minimum Gasteiger partial charge on any atom is -0.493 e. The summed E-state index contributed by atoms with van der Waals surface area (Å²) in [7, 11) is 4.65. The van der Waals surface area contributed by atoms with Crippen molar-refractivity contribution in [3.63, 3.8) is 0 Å². The Hall–Kier alpha value is -2.39. The molecular formula is C14H21N3O6. The third-order valence-electron chi connectivity index (χ3n) is 2.93. The van der Waals surface area contributed by atoms with Crippen LogP contribution in [0, 0.1) is 10.1 Å². The number of nitrogens with one attached hydrogen (secondary N) is 2. The van der Waals surface area contributed by atoms with Crippen LogP contribution in [0.4, 0.5) is 5.69 Å². The van der Waals surface area contributed by atoms with E-state index in [9.17, 15) is 14.9 Å². The van der Waals surface area contributed by atoms with E-state index in [1.807, 2.05) is 0 Å². The number of ether oxygens (including phenoxy) is 3. The molecule has 0 aliphatic heterocycles. The lowest BCUT2D eigenvalue weighted by molar-refractivity contribution is -0.385. The van der Waals surface area contributed by atoms with Crippen molar-refractivity contribution >= 4 is 11.6 Å². The van der Waals surface area contributed by atoms with E-state index in [1.165, 1.54) is 26.4 Å². The van der Waals surface area contributed by atoms with Crippen LogP contribution < -0.4 is 20.1 Å². The van der Waals surface area contributed by atoms with Crippen LogP contribution in [0.25, 0.3) is 0 Å². The van der Waals surface area contributed by atoms with Gasteiger partial charge in [-0.15, -0.1) is 0 Å². The Morgan fingerprint density at radius 2 is 1.96 bits per heavy atom. The van der Waals surface area contributed by atoms with Crippen LogP contribution in [0.2, 0.25) is 0 Å². The van der Waals surface area contributed by atoms with E-state index in [2.05, 4.69) is 10.6 Å². The Morgan fingerprint density at radius 3 is 2.52 bits per heavy atom. The standard InChI is InChI=1S/C14H21N3O6/c1-15-4-5-16-14(18)10-8-12(22-3)13(23-7-6-21-2)9-11(10)17(19)20/h8-9,15H,4-7H2,1-3H3,(H,16,18). The Kier molecular flexibility index (Phi) is 7.78. The summed E-state index contributed by atoms with van der Waals surface area (Å²) in [4.78, 5) is 22.7. The van der Waals surface area contributed by atoms with Crippen molar-refractivity contribution in [2.75, 3.05) is 47.6 Å². The van der Waals surface area contributed by atoms with E-state index in [0.29, 0.717) is 19.7 Å². The molecule has 1 aromatic carbocycles. The highest BCUT2D eigenvalue weighted by Gasteiger charge is 2.24. The molecule has 128 valence electrons. The monoisotopic (exact) mass is 327 g/mol. The van der Waals surface area contributed by atoms with Crippen LogP contribution in [0.15, 0.2) is 12.1 Å². The van der Waals surface area contributed by atoms with E-state index >= 15 is 0 Å². The Labute approximate surface area is 134 Å². The molecule has 0 heterocycles. The number of amides is 1. The summed E-state index contributed by atoms with van der Waals surface area (Å²) >= 11 is 0. The maximum atomic E-state index is 12.1. The van der Waals surface area contributed by atoms with Crippen molar-refractivity contribution < 1.29 is 23.9 Å². The summed E-state index contributed by atoms with van der Waals surface area (Å²) in [6.07, 6.45) is 0. The van der Waals surface area contributed by atoms with Crippen molar-refractivity contribution in [1.82, 2.24) is 10.6 Å². The molecule has 0 saturated carbocycles. The van der Waals surface area contributed by atoms with Gasteiger partial charge in [0.1, 0.15) is 12.2 Å². The zero-order chi connectivity index (χ0) is 17.2. The topological polar surface area (TPSA) is 112 Å². The predicted molar refractivity (Wildman–Crippen MR) is 83.3 cm³/mol. The minimum absolute atomic E-state index is 0.0814. The summed E-state index contributed by atoms with van der Waals surface area (Å²) in [5, 5.41) is 16.7. The van der Waals surface area contributed by atoms with Crippen molar-refractivity contribution in [1.29, 1.82) is 0 Å². The lowest BCUT2D eigenvalue weighted by Gasteiger charge is -2.12. The predicted octanol–water partition coefficient (Wildman–Crippen LogP) is 0.578. The molecule has 0 spiro atoms. The largest absolute Gasteiger partial charge is 0.493 e. The molecular weight excluding hydrogens is 306 g/mol. The van der Waals surface area contributed by atoms with E-state index in [-0.39, 0.29) is 29.4 Å². The van der Waals surface area contributed by atoms with Gasteiger partial charge in [0, 0.05) is 26.3 Å². The first-order chi connectivity index (χ1) is 11.0. The highest BCUT2D eigenvalue weighted by Crippen LogP contribution is 2.34.